The van der Waals surface area contributed by atoms with Crippen LogP contribution in [0.3, 0.4) is 0 Å². The predicted octanol–water partition coefficient (Wildman–Crippen LogP) is 3.61. The van der Waals surface area contributed by atoms with E-state index in [4.69, 9.17) is 9.47 Å². The van der Waals surface area contributed by atoms with E-state index in [1.54, 1.807) is 19.1 Å². The van der Waals surface area contributed by atoms with Gasteiger partial charge in [0.05, 0.1) is 6.61 Å². The van der Waals surface area contributed by atoms with Crippen LogP contribution in [0.15, 0.2) is 12.1 Å². The first-order chi connectivity index (χ1) is 9.60. The Morgan fingerprint density at radius 1 is 1.25 bits per heavy atom. The van der Waals surface area contributed by atoms with Crippen molar-refractivity contribution in [1.29, 1.82) is 0 Å². The zero-order valence-electron chi connectivity index (χ0n) is 13.0. The van der Waals surface area contributed by atoms with Crippen LogP contribution in [-0.2, 0) is 4.74 Å². The Bertz CT molecular complexity index is 410. The van der Waals surface area contributed by atoms with Crippen LogP contribution in [-0.4, -0.2) is 26.4 Å². The largest absolute Gasteiger partial charge is 0.491 e. The topological polar surface area (TPSA) is 30.5 Å². The van der Waals surface area contributed by atoms with E-state index in [1.807, 2.05) is 13.8 Å². The lowest BCUT2D eigenvalue weighted by Crippen LogP contribution is -2.20. The average molecular weight is 283 g/mol. The summed E-state index contributed by atoms with van der Waals surface area (Å²) >= 11 is 0. The number of aryl methyl sites for hydroxylation is 1. The molecule has 0 aliphatic rings. The van der Waals surface area contributed by atoms with Crippen LogP contribution in [0.5, 0.6) is 5.75 Å². The second-order valence-electron chi connectivity index (χ2n) is 4.86. The van der Waals surface area contributed by atoms with Gasteiger partial charge < -0.3 is 14.8 Å². The summed E-state index contributed by atoms with van der Waals surface area (Å²) in [5, 5.41) is 3.36. The number of halogens is 1. The third-order valence-corrected chi connectivity index (χ3v) is 3.15. The molecule has 0 saturated heterocycles. The third kappa shape index (κ3) is 5.10. The van der Waals surface area contributed by atoms with E-state index in [0.717, 1.165) is 24.3 Å². The molecule has 0 aliphatic heterocycles. The lowest BCUT2D eigenvalue weighted by atomic mass is 10.0. The zero-order chi connectivity index (χ0) is 15.0. The number of hydrogen-bond acceptors (Lipinski definition) is 3. The standard InChI is InChI=1S/C16H26FNO2/c1-5-7-18-13(4)14-11-15(17)12(3)10-16(14)20-9-8-19-6-2/h10-11,13,18H,5-9H2,1-4H3. The Labute approximate surface area is 121 Å². The highest BCUT2D eigenvalue weighted by molar-refractivity contribution is 5.40. The molecule has 1 aromatic carbocycles. The fourth-order valence-electron chi connectivity index (χ4n) is 1.96. The molecule has 0 saturated carbocycles. The highest BCUT2D eigenvalue weighted by Crippen LogP contribution is 2.28. The summed E-state index contributed by atoms with van der Waals surface area (Å²) in [6.45, 7) is 10.4. The van der Waals surface area contributed by atoms with Crippen molar-refractivity contribution in [3.05, 3.63) is 29.1 Å². The molecule has 4 heteroatoms. The van der Waals surface area contributed by atoms with Gasteiger partial charge in [-0.2, -0.15) is 0 Å². The Kier molecular flexibility index (Phi) is 7.55. The molecule has 0 bridgehead atoms. The summed E-state index contributed by atoms with van der Waals surface area (Å²) in [4.78, 5) is 0. The van der Waals surface area contributed by atoms with Crippen molar-refractivity contribution in [2.75, 3.05) is 26.4 Å². The highest BCUT2D eigenvalue weighted by Gasteiger charge is 2.14. The second-order valence-corrected chi connectivity index (χ2v) is 4.86. The molecule has 1 unspecified atom stereocenters. The highest BCUT2D eigenvalue weighted by atomic mass is 19.1. The van der Waals surface area contributed by atoms with Crippen molar-refractivity contribution in [3.8, 4) is 5.75 Å². The lowest BCUT2D eigenvalue weighted by Gasteiger charge is -2.19. The van der Waals surface area contributed by atoms with Crippen LogP contribution in [0.2, 0.25) is 0 Å². The average Bonchev–Trinajstić information content (AvgIpc) is 2.44. The van der Waals surface area contributed by atoms with E-state index in [1.165, 1.54) is 0 Å². The lowest BCUT2D eigenvalue weighted by molar-refractivity contribution is 0.109. The van der Waals surface area contributed by atoms with Crippen LogP contribution in [0.1, 0.15) is 44.4 Å². The first-order valence-electron chi connectivity index (χ1n) is 7.34. The molecule has 0 spiro atoms. The van der Waals surface area contributed by atoms with Gasteiger partial charge in [-0.3, -0.25) is 0 Å². The van der Waals surface area contributed by atoms with Crippen LogP contribution >= 0.6 is 0 Å². The van der Waals surface area contributed by atoms with Gasteiger partial charge in [-0.25, -0.2) is 4.39 Å². The van der Waals surface area contributed by atoms with Crippen molar-refractivity contribution in [2.45, 2.75) is 40.2 Å². The van der Waals surface area contributed by atoms with Crippen LogP contribution in [0.4, 0.5) is 4.39 Å². The number of nitrogens with one attached hydrogen (secondary N) is 1. The maximum absolute atomic E-state index is 13.8. The third-order valence-electron chi connectivity index (χ3n) is 3.15. The minimum atomic E-state index is -0.192. The van der Waals surface area contributed by atoms with Gasteiger partial charge in [0.15, 0.2) is 0 Å². The van der Waals surface area contributed by atoms with Gasteiger partial charge in [-0.1, -0.05) is 6.92 Å². The summed E-state index contributed by atoms with van der Waals surface area (Å²) < 4.78 is 24.8. The summed E-state index contributed by atoms with van der Waals surface area (Å²) in [6.07, 6.45) is 1.04. The van der Waals surface area contributed by atoms with E-state index in [2.05, 4.69) is 12.2 Å². The van der Waals surface area contributed by atoms with Gasteiger partial charge in [0.2, 0.25) is 0 Å². The summed E-state index contributed by atoms with van der Waals surface area (Å²) in [7, 11) is 0. The van der Waals surface area contributed by atoms with Crippen molar-refractivity contribution in [2.24, 2.45) is 0 Å². The van der Waals surface area contributed by atoms with Crippen molar-refractivity contribution < 1.29 is 13.9 Å². The van der Waals surface area contributed by atoms with Gasteiger partial charge in [0.25, 0.3) is 0 Å². The molecule has 0 radical (unpaired) electrons. The van der Waals surface area contributed by atoms with Crippen LogP contribution < -0.4 is 10.1 Å². The molecule has 1 N–H and O–H groups in total. The molecule has 1 atom stereocenters. The van der Waals surface area contributed by atoms with Gasteiger partial charge in [0.1, 0.15) is 18.2 Å². The van der Waals surface area contributed by atoms with Gasteiger partial charge in [0, 0.05) is 18.2 Å². The van der Waals surface area contributed by atoms with Gasteiger partial charge in [-0.15, -0.1) is 0 Å². The van der Waals surface area contributed by atoms with E-state index in [0.29, 0.717) is 25.4 Å². The molecule has 114 valence electrons. The number of hydrogen-bond donors (Lipinski definition) is 1. The Hall–Kier alpha value is -1.13. The molecular formula is C16H26FNO2. The first kappa shape index (κ1) is 16.9. The first-order valence-corrected chi connectivity index (χ1v) is 7.34. The molecule has 1 rings (SSSR count). The Morgan fingerprint density at radius 2 is 2.00 bits per heavy atom. The fourth-order valence-corrected chi connectivity index (χ4v) is 1.96. The predicted molar refractivity (Wildman–Crippen MR) is 79.8 cm³/mol. The smallest absolute Gasteiger partial charge is 0.126 e. The summed E-state index contributed by atoms with van der Waals surface area (Å²) in [5.41, 5.74) is 1.46. The fraction of sp³-hybridized carbons (Fsp3) is 0.625. The summed E-state index contributed by atoms with van der Waals surface area (Å²) in [6, 6.07) is 3.39. The molecule has 3 nitrogen and oxygen atoms in total. The van der Waals surface area contributed by atoms with E-state index >= 15 is 0 Å². The second kappa shape index (κ2) is 8.93. The molecule has 1 aromatic rings. The number of rotatable bonds is 9. The molecule has 0 aliphatic carbocycles. The monoisotopic (exact) mass is 283 g/mol. The quantitative estimate of drug-likeness (QED) is 0.702. The molecule has 0 aromatic heterocycles. The maximum Gasteiger partial charge on any atom is 0.126 e. The van der Waals surface area contributed by atoms with E-state index in [9.17, 15) is 4.39 Å². The Balaban J connectivity index is 2.80. The van der Waals surface area contributed by atoms with E-state index < -0.39 is 0 Å². The SMILES string of the molecule is CCCNC(C)c1cc(F)c(C)cc1OCCOCC. The minimum Gasteiger partial charge on any atom is -0.491 e. The summed E-state index contributed by atoms with van der Waals surface area (Å²) in [5.74, 6) is 0.544. The zero-order valence-corrected chi connectivity index (χ0v) is 13.0. The molecular weight excluding hydrogens is 257 g/mol. The van der Waals surface area contributed by atoms with Crippen LogP contribution in [0.25, 0.3) is 0 Å². The Morgan fingerprint density at radius 3 is 2.65 bits per heavy atom. The minimum absolute atomic E-state index is 0.0622. The van der Waals surface area contributed by atoms with Crippen molar-refractivity contribution >= 4 is 0 Å². The normalized spacial score (nSPS) is 12.4. The van der Waals surface area contributed by atoms with Crippen molar-refractivity contribution in [1.82, 2.24) is 5.32 Å². The number of benzene rings is 1. The number of ether oxygens (including phenoxy) is 2. The molecule has 20 heavy (non-hydrogen) atoms. The van der Waals surface area contributed by atoms with E-state index in [-0.39, 0.29) is 11.9 Å². The van der Waals surface area contributed by atoms with Crippen LogP contribution in [0, 0.1) is 12.7 Å². The molecule has 0 heterocycles. The molecule has 0 fully saturated rings. The van der Waals surface area contributed by atoms with Crippen molar-refractivity contribution in [3.63, 3.8) is 0 Å². The molecule has 0 amide bonds. The van der Waals surface area contributed by atoms with Gasteiger partial charge >= 0.3 is 0 Å². The van der Waals surface area contributed by atoms with Gasteiger partial charge in [-0.05, 0) is 51.4 Å². The maximum atomic E-state index is 13.8.